The van der Waals surface area contributed by atoms with Crippen LogP contribution in [0.5, 0.6) is 0 Å². The lowest BCUT2D eigenvalue weighted by Gasteiger charge is -2.04. The molecular formula is C13H10N4O4. The highest BCUT2D eigenvalue weighted by Crippen LogP contribution is 2.21. The van der Waals surface area contributed by atoms with Crippen molar-refractivity contribution in [1.82, 2.24) is 9.55 Å². The van der Waals surface area contributed by atoms with E-state index in [0.717, 1.165) is 0 Å². The molecule has 2 N–H and O–H groups in total. The zero-order valence-corrected chi connectivity index (χ0v) is 10.7. The third-order valence-corrected chi connectivity index (χ3v) is 3.12. The molecule has 3 aromatic rings. The molecule has 0 saturated carbocycles. The number of oxazole rings is 1. The van der Waals surface area contributed by atoms with Crippen molar-refractivity contribution in [3.8, 4) is 0 Å². The number of pyridine rings is 1. The Morgan fingerprint density at radius 3 is 2.90 bits per heavy atom. The second-order valence-corrected chi connectivity index (χ2v) is 4.41. The summed E-state index contributed by atoms with van der Waals surface area (Å²) in [6.45, 7) is 0.132. The van der Waals surface area contributed by atoms with Crippen molar-refractivity contribution in [3.63, 3.8) is 0 Å². The van der Waals surface area contributed by atoms with Crippen molar-refractivity contribution in [1.29, 1.82) is 0 Å². The van der Waals surface area contributed by atoms with E-state index in [-0.39, 0.29) is 17.8 Å². The van der Waals surface area contributed by atoms with Crippen LogP contribution in [-0.2, 0) is 6.54 Å². The minimum atomic E-state index is -0.603. The van der Waals surface area contributed by atoms with Crippen molar-refractivity contribution in [2.75, 3.05) is 5.73 Å². The summed E-state index contributed by atoms with van der Waals surface area (Å²) in [7, 11) is 0. The fraction of sp³-hybridized carbons (Fsp3) is 0.0769. The summed E-state index contributed by atoms with van der Waals surface area (Å²) in [5.74, 6) is -0.307. The van der Waals surface area contributed by atoms with Crippen LogP contribution >= 0.6 is 0 Å². The molecule has 0 unspecified atom stereocenters. The van der Waals surface area contributed by atoms with Crippen LogP contribution in [0.3, 0.4) is 0 Å². The highest BCUT2D eigenvalue weighted by Gasteiger charge is 2.15. The number of nitro groups is 1. The molecule has 0 saturated heterocycles. The third kappa shape index (κ3) is 2.22. The maximum absolute atomic E-state index is 11.9. The van der Waals surface area contributed by atoms with Crippen LogP contribution in [0.25, 0.3) is 11.1 Å². The summed E-state index contributed by atoms with van der Waals surface area (Å²) in [5, 5.41) is 10.8. The molecule has 8 heteroatoms. The molecule has 106 valence electrons. The van der Waals surface area contributed by atoms with E-state index >= 15 is 0 Å². The lowest BCUT2D eigenvalue weighted by molar-refractivity contribution is -0.384. The SMILES string of the molecule is Nc1ncccc1Cn1c(=O)oc2ccc([N+](=O)[O-])cc21. The van der Waals surface area contributed by atoms with Crippen LogP contribution in [0.15, 0.2) is 45.7 Å². The number of hydrogen-bond donors (Lipinski definition) is 1. The monoisotopic (exact) mass is 286 g/mol. The number of nitrogens with zero attached hydrogens (tertiary/aromatic N) is 3. The fourth-order valence-corrected chi connectivity index (χ4v) is 2.07. The number of fused-ring (bicyclic) bond motifs is 1. The molecule has 0 aliphatic rings. The first-order chi connectivity index (χ1) is 10.1. The van der Waals surface area contributed by atoms with Gasteiger partial charge >= 0.3 is 5.76 Å². The van der Waals surface area contributed by atoms with Crippen molar-refractivity contribution in [3.05, 3.63) is 62.8 Å². The van der Waals surface area contributed by atoms with Gasteiger partial charge in [-0.3, -0.25) is 14.7 Å². The van der Waals surface area contributed by atoms with Gasteiger partial charge in [-0.05, 0) is 12.1 Å². The molecule has 0 aliphatic heterocycles. The molecule has 0 aliphatic carbocycles. The van der Waals surface area contributed by atoms with Crippen LogP contribution < -0.4 is 11.5 Å². The molecular weight excluding hydrogens is 276 g/mol. The van der Waals surface area contributed by atoms with Gasteiger partial charge in [-0.25, -0.2) is 9.78 Å². The highest BCUT2D eigenvalue weighted by atomic mass is 16.6. The summed E-state index contributed by atoms with van der Waals surface area (Å²) < 4.78 is 6.36. The van der Waals surface area contributed by atoms with Crippen molar-refractivity contribution >= 4 is 22.6 Å². The van der Waals surface area contributed by atoms with E-state index in [0.29, 0.717) is 16.9 Å². The first-order valence-electron chi connectivity index (χ1n) is 6.03. The number of hydrogen-bond acceptors (Lipinski definition) is 6. The maximum Gasteiger partial charge on any atom is 0.420 e. The quantitative estimate of drug-likeness (QED) is 0.576. The molecule has 0 spiro atoms. The number of aromatic nitrogens is 2. The van der Waals surface area contributed by atoms with Crippen LogP contribution in [0.2, 0.25) is 0 Å². The summed E-state index contributed by atoms with van der Waals surface area (Å²) in [6, 6.07) is 7.41. The van der Waals surface area contributed by atoms with Crippen LogP contribution in [0.1, 0.15) is 5.56 Å². The van der Waals surface area contributed by atoms with E-state index in [2.05, 4.69) is 4.98 Å². The van der Waals surface area contributed by atoms with Gasteiger partial charge in [0.2, 0.25) is 0 Å². The van der Waals surface area contributed by atoms with E-state index in [1.54, 1.807) is 18.3 Å². The van der Waals surface area contributed by atoms with Gasteiger partial charge < -0.3 is 10.2 Å². The Balaban J connectivity index is 2.15. The number of non-ortho nitro benzene ring substituents is 1. The molecule has 2 aromatic heterocycles. The predicted octanol–water partition coefficient (Wildman–Crippen LogP) is 1.53. The van der Waals surface area contributed by atoms with Gasteiger partial charge in [0.1, 0.15) is 5.82 Å². The van der Waals surface area contributed by atoms with Gasteiger partial charge in [-0.1, -0.05) is 6.07 Å². The van der Waals surface area contributed by atoms with Gasteiger partial charge in [-0.15, -0.1) is 0 Å². The summed E-state index contributed by atoms with van der Waals surface area (Å²) in [5.41, 5.74) is 6.89. The molecule has 1 aromatic carbocycles. The van der Waals surface area contributed by atoms with Crippen molar-refractivity contribution in [2.24, 2.45) is 0 Å². The number of rotatable bonds is 3. The Morgan fingerprint density at radius 1 is 1.38 bits per heavy atom. The van der Waals surface area contributed by atoms with Gasteiger partial charge in [0.15, 0.2) is 5.58 Å². The van der Waals surface area contributed by atoms with E-state index in [1.807, 2.05) is 0 Å². The fourth-order valence-electron chi connectivity index (χ4n) is 2.07. The zero-order chi connectivity index (χ0) is 15.0. The largest absolute Gasteiger partial charge is 0.420 e. The first-order valence-corrected chi connectivity index (χ1v) is 6.03. The summed E-state index contributed by atoms with van der Waals surface area (Å²) in [6.07, 6.45) is 1.54. The molecule has 21 heavy (non-hydrogen) atoms. The Kier molecular flexibility index (Phi) is 2.90. The number of benzene rings is 1. The number of nitro benzene ring substituents is 1. The average Bonchev–Trinajstić information content (AvgIpc) is 2.76. The second-order valence-electron chi connectivity index (χ2n) is 4.41. The van der Waals surface area contributed by atoms with E-state index in [1.165, 1.54) is 22.8 Å². The van der Waals surface area contributed by atoms with E-state index in [9.17, 15) is 14.9 Å². The normalized spacial score (nSPS) is 10.9. The molecule has 0 bridgehead atoms. The first kappa shape index (κ1) is 12.9. The van der Waals surface area contributed by atoms with Crippen molar-refractivity contribution in [2.45, 2.75) is 6.54 Å². The van der Waals surface area contributed by atoms with E-state index < -0.39 is 10.7 Å². The molecule has 2 heterocycles. The Hall–Kier alpha value is -3.16. The van der Waals surface area contributed by atoms with E-state index in [4.69, 9.17) is 10.2 Å². The number of anilines is 1. The second kappa shape index (κ2) is 4.75. The topological polar surface area (TPSA) is 117 Å². The minimum absolute atomic E-state index is 0.115. The molecule has 0 atom stereocenters. The standard InChI is InChI=1S/C13H10N4O4/c14-12-8(2-1-5-15-12)7-16-10-6-9(17(19)20)3-4-11(10)21-13(16)18/h1-6H,7H2,(H2,14,15). The van der Waals surface area contributed by atoms with Gasteiger partial charge in [0.05, 0.1) is 17.0 Å². The third-order valence-electron chi connectivity index (χ3n) is 3.12. The lowest BCUT2D eigenvalue weighted by Crippen LogP contribution is -2.16. The van der Waals surface area contributed by atoms with Gasteiger partial charge in [0.25, 0.3) is 5.69 Å². The smallest absolute Gasteiger partial charge is 0.408 e. The van der Waals surface area contributed by atoms with Gasteiger partial charge in [-0.2, -0.15) is 0 Å². The molecule has 8 nitrogen and oxygen atoms in total. The Morgan fingerprint density at radius 2 is 2.19 bits per heavy atom. The van der Waals surface area contributed by atoms with Crippen LogP contribution in [0, 0.1) is 10.1 Å². The predicted molar refractivity (Wildman–Crippen MR) is 74.9 cm³/mol. The molecule has 3 rings (SSSR count). The average molecular weight is 286 g/mol. The minimum Gasteiger partial charge on any atom is -0.408 e. The number of nitrogens with two attached hydrogens (primary N) is 1. The van der Waals surface area contributed by atoms with Gasteiger partial charge in [0, 0.05) is 23.9 Å². The van der Waals surface area contributed by atoms with Crippen LogP contribution in [0.4, 0.5) is 11.5 Å². The lowest BCUT2D eigenvalue weighted by atomic mass is 10.2. The Bertz CT molecular complexity index is 897. The van der Waals surface area contributed by atoms with Crippen molar-refractivity contribution < 1.29 is 9.34 Å². The molecule has 0 radical (unpaired) electrons. The maximum atomic E-state index is 11.9. The summed E-state index contributed by atoms with van der Waals surface area (Å²) >= 11 is 0. The Labute approximate surface area is 117 Å². The zero-order valence-electron chi connectivity index (χ0n) is 10.7. The summed E-state index contributed by atoms with van der Waals surface area (Å²) in [4.78, 5) is 26.1. The molecule has 0 amide bonds. The number of nitrogen functional groups attached to an aromatic ring is 1. The highest BCUT2D eigenvalue weighted by molar-refractivity contribution is 5.76. The van der Waals surface area contributed by atoms with Crippen LogP contribution in [-0.4, -0.2) is 14.5 Å². The molecule has 0 fully saturated rings.